The molecule has 0 unspecified atom stereocenters. The normalized spacial score (nSPS) is 19.9. The van der Waals surface area contributed by atoms with E-state index in [1.54, 1.807) is 0 Å². The number of aryl methyl sites for hydroxylation is 1. The largest absolute Gasteiger partial charge is 0.416 e. The van der Waals surface area contributed by atoms with Gasteiger partial charge in [-0.05, 0) is 68.9 Å². The summed E-state index contributed by atoms with van der Waals surface area (Å²) in [5.41, 5.74) is 1.58. The van der Waals surface area contributed by atoms with E-state index >= 15 is 0 Å². The Morgan fingerprint density at radius 1 is 1.04 bits per heavy atom. The molecular formula is C22H25F3N2O. The van der Waals surface area contributed by atoms with Crippen LogP contribution in [0.1, 0.15) is 47.2 Å². The summed E-state index contributed by atoms with van der Waals surface area (Å²) < 4.78 is 38.4. The Balaban J connectivity index is 1.46. The SMILES string of the molecule is Cc1ccc(NC[C@H]2CC[C@H](NC(=O)c3cccc(C(F)(F)F)c3)CC2)cc1. The second kappa shape index (κ2) is 8.67. The molecular weight excluding hydrogens is 365 g/mol. The predicted octanol–water partition coefficient (Wildman–Crippen LogP) is 5.41. The molecule has 3 nitrogen and oxygen atoms in total. The van der Waals surface area contributed by atoms with E-state index in [9.17, 15) is 18.0 Å². The second-order valence-corrected chi connectivity index (χ2v) is 7.52. The van der Waals surface area contributed by atoms with Crippen LogP contribution in [0.2, 0.25) is 0 Å². The van der Waals surface area contributed by atoms with E-state index in [1.807, 2.05) is 0 Å². The van der Waals surface area contributed by atoms with Crippen molar-refractivity contribution in [2.75, 3.05) is 11.9 Å². The summed E-state index contributed by atoms with van der Waals surface area (Å²) in [5.74, 6) is 0.0929. The lowest BCUT2D eigenvalue weighted by Crippen LogP contribution is -2.38. The zero-order valence-electron chi connectivity index (χ0n) is 15.9. The molecule has 6 heteroatoms. The fourth-order valence-electron chi connectivity index (χ4n) is 3.55. The maximum atomic E-state index is 12.8. The van der Waals surface area contributed by atoms with Crippen molar-refractivity contribution in [3.05, 3.63) is 65.2 Å². The smallest absolute Gasteiger partial charge is 0.385 e. The molecule has 3 rings (SSSR count). The summed E-state index contributed by atoms with van der Waals surface area (Å²) in [4.78, 5) is 12.3. The number of hydrogen-bond donors (Lipinski definition) is 2. The van der Waals surface area contributed by atoms with Crippen LogP contribution in [0.4, 0.5) is 18.9 Å². The van der Waals surface area contributed by atoms with Crippen LogP contribution in [-0.4, -0.2) is 18.5 Å². The van der Waals surface area contributed by atoms with Crippen LogP contribution < -0.4 is 10.6 Å². The van der Waals surface area contributed by atoms with E-state index < -0.39 is 17.6 Å². The van der Waals surface area contributed by atoms with Crippen molar-refractivity contribution in [2.24, 2.45) is 5.92 Å². The molecule has 0 aliphatic heterocycles. The number of nitrogens with one attached hydrogen (secondary N) is 2. The van der Waals surface area contributed by atoms with Gasteiger partial charge in [0.25, 0.3) is 5.91 Å². The molecule has 0 aromatic heterocycles. The Hall–Kier alpha value is -2.50. The highest BCUT2D eigenvalue weighted by atomic mass is 19.4. The molecule has 2 aromatic rings. The van der Waals surface area contributed by atoms with E-state index in [0.29, 0.717) is 5.92 Å². The number of anilines is 1. The number of alkyl halides is 3. The van der Waals surface area contributed by atoms with Gasteiger partial charge in [-0.25, -0.2) is 0 Å². The van der Waals surface area contributed by atoms with Gasteiger partial charge in [-0.15, -0.1) is 0 Å². The Morgan fingerprint density at radius 3 is 2.36 bits per heavy atom. The third-order valence-corrected chi connectivity index (χ3v) is 5.28. The first kappa shape index (κ1) is 20.2. The molecule has 0 heterocycles. The van der Waals surface area contributed by atoms with Crippen LogP contribution in [0.3, 0.4) is 0 Å². The standard InChI is InChI=1S/C22H25F3N2O/c1-15-5-9-19(10-6-15)26-14-16-7-11-20(12-8-16)27-21(28)17-3-2-4-18(13-17)22(23,24)25/h2-6,9-10,13,16,20,26H,7-8,11-12,14H2,1H3,(H,27,28)/t16-,20-. The molecule has 2 aromatic carbocycles. The third kappa shape index (κ3) is 5.50. The first-order valence-corrected chi connectivity index (χ1v) is 9.60. The van der Waals surface area contributed by atoms with Crippen molar-refractivity contribution >= 4 is 11.6 Å². The van der Waals surface area contributed by atoms with Gasteiger partial charge in [-0.2, -0.15) is 13.2 Å². The first-order valence-electron chi connectivity index (χ1n) is 9.60. The summed E-state index contributed by atoms with van der Waals surface area (Å²) >= 11 is 0. The molecule has 1 aliphatic carbocycles. The Labute approximate surface area is 163 Å². The minimum atomic E-state index is -4.45. The molecule has 1 fully saturated rings. The van der Waals surface area contributed by atoms with Crippen LogP contribution in [-0.2, 0) is 6.18 Å². The molecule has 1 saturated carbocycles. The average molecular weight is 390 g/mol. The Morgan fingerprint density at radius 2 is 1.71 bits per heavy atom. The maximum Gasteiger partial charge on any atom is 0.416 e. The predicted molar refractivity (Wildman–Crippen MR) is 104 cm³/mol. The van der Waals surface area contributed by atoms with Crippen LogP contribution in [0.5, 0.6) is 0 Å². The number of carbonyl (C=O) groups excluding carboxylic acids is 1. The van der Waals surface area contributed by atoms with Crippen molar-refractivity contribution in [3.63, 3.8) is 0 Å². The second-order valence-electron chi connectivity index (χ2n) is 7.52. The van der Waals surface area contributed by atoms with Gasteiger partial charge in [-0.3, -0.25) is 4.79 Å². The van der Waals surface area contributed by atoms with Crippen molar-refractivity contribution in [2.45, 2.75) is 44.8 Å². The van der Waals surface area contributed by atoms with E-state index in [1.165, 1.54) is 17.7 Å². The molecule has 150 valence electrons. The highest BCUT2D eigenvalue weighted by molar-refractivity contribution is 5.94. The fourth-order valence-corrected chi connectivity index (χ4v) is 3.55. The summed E-state index contributed by atoms with van der Waals surface area (Å²) in [6, 6.07) is 12.9. The topological polar surface area (TPSA) is 41.1 Å². The summed E-state index contributed by atoms with van der Waals surface area (Å²) in [7, 11) is 0. The molecule has 2 N–H and O–H groups in total. The fraction of sp³-hybridized carbons (Fsp3) is 0.409. The zero-order valence-corrected chi connectivity index (χ0v) is 15.9. The summed E-state index contributed by atoms with van der Waals surface area (Å²) in [6.07, 6.45) is -0.812. The lowest BCUT2D eigenvalue weighted by molar-refractivity contribution is -0.137. The minimum absolute atomic E-state index is 0.0117. The van der Waals surface area contributed by atoms with Crippen LogP contribution in [0.15, 0.2) is 48.5 Å². The molecule has 0 atom stereocenters. The van der Waals surface area contributed by atoms with Gasteiger partial charge >= 0.3 is 6.18 Å². The number of benzene rings is 2. The van der Waals surface area contributed by atoms with Crippen molar-refractivity contribution in [1.29, 1.82) is 0 Å². The lowest BCUT2D eigenvalue weighted by Gasteiger charge is -2.29. The maximum absolute atomic E-state index is 12.8. The van der Waals surface area contributed by atoms with Crippen LogP contribution in [0.25, 0.3) is 0 Å². The quantitative estimate of drug-likeness (QED) is 0.716. The molecule has 1 aliphatic rings. The monoisotopic (exact) mass is 390 g/mol. The molecule has 28 heavy (non-hydrogen) atoms. The van der Waals surface area contributed by atoms with E-state index in [2.05, 4.69) is 41.8 Å². The van der Waals surface area contributed by atoms with Gasteiger partial charge in [0.05, 0.1) is 5.56 Å². The van der Waals surface area contributed by atoms with Gasteiger partial charge in [0, 0.05) is 23.8 Å². The van der Waals surface area contributed by atoms with Crippen LogP contribution >= 0.6 is 0 Å². The number of rotatable bonds is 5. The molecule has 0 radical (unpaired) electrons. The van der Waals surface area contributed by atoms with E-state index in [-0.39, 0.29) is 11.6 Å². The molecule has 1 amide bonds. The molecule has 0 bridgehead atoms. The first-order chi connectivity index (χ1) is 13.3. The molecule has 0 saturated heterocycles. The summed E-state index contributed by atoms with van der Waals surface area (Å²) in [6.45, 7) is 2.94. The number of amides is 1. The van der Waals surface area contributed by atoms with Gasteiger partial charge in [0.2, 0.25) is 0 Å². The highest BCUT2D eigenvalue weighted by Crippen LogP contribution is 2.30. The van der Waals surface area contributed by atoms with Gasteiger partial charge in [0.1, 0.15) is 0 Å². The van der Waals surface area contributed by atoms with E-state index in [0.717, 1.165) is 50.0 Å². The number of halogens is 3. The van der Waals surface area contributed by atoms with Crippen molar-refractivity contribution in [1.82, 2.24) is 5.32 Å². The van der Waals surface area contributed by atoms with Gasteiger partial charge < -0.3 is 10.6 Å². The van der Waals surface area contributed by atoms with Gasteiger partial charge in [-0.1, -0.05) is 23.8 Å². The number of hydrogen-bond acceptors (Lipinski definition) is 2. The third-order valence-electron chi connectivity index (χ3n) is 5.28. The van der Waals surface area contributed by atoms with E-state index in [4.69, 9.17) is 0 Å². The lowest BCUT2D eigenvalue weighted by atomic mass is 9.86. The van der Waals surface area contributed by atoms with Crippen molar-refractivity contribution < 1.29 is 18.0 Å². The Kier molecular flexibility index (Phi) is 6.27. The summed E-state index contributed by atoms with van der Waals surface area (Å²) in [5, 5.41) is 6.34. The number of carbonyl (C=O) groups is 1. The highest BCUT2D eigenvalue weighted by Gasteiger charge is 2.31. The average Bonchev–Trinajstić information content (AvgIpc) is 2.68. The van der Waals surface area contributed by atoms with Gasteiger partial charge in [0.15, 0.2) is 0 Å². The van der Waals surface area contributed by atoms with Crippen molar-refractivity contribution in [3.8, 4) is 0 Å². The minimum Gasteiger partial charge on any atom is -0.385 e. The van der Waals surface area contributed by atoms with Crippen LogP contribution in [0, 0.1) is 12.8 Å². The molecule has 0 spiro atoms. The Bertz CT molecular complexity index is 794. The zero-order chi connectivity index (χ0) is 20.1.